The summed E-state index contributed by atoms with van der Waals surface area (Å²) in [4.78, 5) is 20.6. The quantitative estimate of drug-likeness (QED) is 0.381. The van der Waals surface area contributed by atoms with Crippen molar-refractivity contribution < 1.29 is 27.6 Å². The van der Waals surface area contributed by atoms with Crippen molar-refractivity contribution in [2.75, 3.05) is 12.8 Å². The molecule has 0 aliphatic carbocycles. The Morgan fingerprint density at radius 3 is 2.39 bits per heavy atom. The van der Waals surface area contributed by atoms with Crippen LogP contribution in [0.4, 0.5) is 24.5 Å². The maximum Gasteiger partial charge on any atom is 0.418 e. The lowest BCUT2D eigenvalue weighted by Gasteiger charge is -2.11. The third-order valence-corrected chi connectivity index (χ3v) is 2.08. The summed E-state index contributed by atoms with van der Waals surface area (Å²) in [7, 11) is 0.942. The fourth-order valence-electron chi connectivity index (χ4n) is 1.26. The van der Waals surface area contributed by atoms with Crippen LogP contribution in [0.15, 0.2) is 12.1 Å². The van der Waals surface area contributed by atoms with E-state index in [-0.39, 0.29) is 0 Å². The molecule has 0 unspecified atom stereocenters. The summed E-state index contributed by atoms with van der Waals surface area (Å²) >= 11 is 0. The lowest BCUT2D eigenvalue weighted by atomic mass is 10.1. The number of nitrogen functional groups attached to an aromatic ring is 1. The maximum absolute atomic E-state index is 12.6. The zero-order chi connectivity index (χ0) is 14.1. The molecule has 2 N–H and O–H groups in total. The highest BCUT2D eigenvalue weighted by Crippen LogP contribution is 2.38. The first kappa shape index (κ1) is 13.7. The van der Waals surface area contributed by atoms with Gasteiger partial charge in [-0.3, -0.25) is 10.1 Å². The van der Waals surface area contributed by atoms with Crippen molar-refractivity contribution in [3.63, 3.8) is 0 Å². The maximum atomic E-state index is 12.6. The van der Waals surface area contributed by atoms with E-state index in [9.17, 15) is 28.1 Å². The van der Waals surface area contributed by atoms with Gasteiger partial charge in [-0.25, -0.2) is 4.79 Å². The van der Waals surface area contributed by atoms with Crippen molar-refractivity contribution >= 4 is 17.3 Å². The number of anilines is 1. The van der Waals surface area contributed by atoms with Gasteiger partial charge in [0.1, 0.15) is 5.69 Å². The molecular weight excluding hydrogens is 257 g/mol. The number of nitro groups is 1. The molecule has 0 saturated carbocycles. The molecule has 0 bridgehead atoms. The summed E-state index contributed by atoms with van der Waals surface area (Å²) in [6.07, 6.45) is -4.90. The Morgan fingerprint density at radius 2 is 2.00 bits per heavy atom. The molecule has 0 aliphatic rings. The fourth-order valence-corrected chi connectivity index (χ4v) is 1.26. The molecular formula is C9H7F3N2O4. The van der Waals surface area contributed by atoms with Gasteiger partial charge in [-0.2, -0.15) is 13.2 Å². The van der Waals surface area contributed by atoms with Crippen molar-refractivity contribution in [1.29, 1.82) is 0 Å². The van der Waals surface area contributed by atoms with Gasteiger partial charge in [-0.1, -0.05) is 0 Å². The molecule has 0 aromatic heterocycles. The van der Waals surface area contributed by atoms with Crippen LogP contribution in [0.1, 0.15) is 15.9 Å². The van der Waals surface area contributed by atoms with Crippen molar-refractivity contribution in [2.24, 2.45) is 0 Å². The largest absolute Gasteiger partial charge is 0.465 e. The minimum Gasteiger partial charge on any atom is -0.465 e. The molecule has 0 heterocycles. The zero-order valence-electron chi connectivity index (χ0n) is 8.95. The first-order chi connectivity index (χ1) is 8.18. The average molecular weight is 264 g/mol. The lowest BCUT2D eigenvalue weighted by Crippen LogP contribution is -2.13. The van der Waals surface area contributed by atoms with Crippen LogP contribution in [-0.4, -0.2) is 18.0 Å². The van der Waals surface area contributed by atoms with E-state index in [2.05, 4.69) is 4.74 Å². The van der Waals surface area contributed by atoms with Crippen LogP contribution < -0.4 is 5.73 Å². The number of nitrogens with zero attached hydrogens (tertiary/aromatic N) is 1. The summed E-state index contributed by atoms with van der Waals surface area (Å²) < 4.78 is 42.0. The van der Waals surface area contributed by atoms with Gasteiger partial charge in [0.15, 0.2) is 0 Å². The van der Waals surface area contributed by atoms with Crippen molar-refractivity contribution in [1.82, 2.24) is 0 Å². The lowest BCUT2D eigenvalue weighted by molar-refractivity contribution is -0.384. The van der Waals surface area contributed by atoms with Gasteiger partial charge in [-0.15, -0.1) is 0 Å². The number of nitro benzene ring substituents is 1. The molecule has 1 rings (SSSR count). The predicted molar refractivity (Wildman–Crippen MR) is 53.9 cm³/mol. The van der Waals surface area contributed by atoms with E-state index in [0.717, 1.165) is 7.11 Å². The van der Waals surface area contributed by atoms with Crippen molar-refractivity contribution in [3.8, 4) is 0 Å². The number of nitrogens with two attached hydrogens (primary N) is 1. The van der Waals surface area contributed by atoms with Crippen LogP contribution in [0, 0.1) is 10.1 Å². The van der Waals surface area contributed by atoms with Gasteiger partial charge in [0, 0.05) is 6.07 Å². The van der Waals surface area contributed by atoms with E-state index >= 15 is 0 Å². The number of rotatable bonds is 2. The van der Waals surface area contributed by atoms with Crippen LogP contribution in [-0.2, 0) is 10.9 Å². The highest BCUT2D eigenvalue weighted by Gasteiger charge is 2.37. The second-order valence-corrected chi connectivity index (χ2v) is 3.20. The van der Waals surface area contributed by atoms with Gasteiger partial charge in [0.2, 0.25) is 0 Å². The van der Waals surface area contributed by atoms with Gasteiger partial charge in [-0.05, 0) is 6.07 Å². The zero-order valence-corrected chi connectivity index (χ0v) is 8.95. The Kier molecular flexibility index (Phi) is 3.44. The number of methoxy groups -OCH3 is 1. The standard InChI is InChI=1S/C9H7F3N2O4/c1-18-8(15)4-2-5(9(10,11)12)7(13)6(3-4)14(16)17/h2-3H,13H2,1H3. The third-order valence-electron chi connectivity index (χ3n) is 2.08. The molecule has 0 fully saturated rings. The Balaban J connectivity index is 3.57. The Morgan fingerprint density at radius 1 is 1.44 bits per heavy atom. The summed E-state index contributed by atoms with van der Waals surface area (Å²) in [6, 6.07) is 1.05. The SMILES string of the molecule is COC(=O)c1cc([N+](=O)[O-])c(N)c(C(F)(F)F)c1. The van der Waals surface area contributed by atoms with E-state index in [1.54, 1.807) is 0 Å². The molecule has 0 atom stereocenters. The summed E-state index contributed by atoms with van der Waals surface area (Å²) in [5, 5.41) is 10.6. The number of benzene rings is 1. The highest BCUT2D eigenvalue weighted by molar-refractivity contribution is 5.92. The monoisotopic (exact) mass is 264 g/mol. The second kappa shape index (κ2) is 4.51. The number of halogens is 3. The minimum absolute atomic E-state index is 0.411. The van der Waals surface area contributed by atoms with Crippen LogP contribution in [0.25, 0.3) is 0 Å². The fraction of sp³-hybridized carbons (Fsp3) is 0.222. The first-order valence-corrected chi connectivity index (χ1v) is 4.42. The summed E-state index contributed by atoms with van der Waals surface area (Å²) in [5.74, 6) is -1.12. The molecule has 0 radical (unpaired) electrons. The number of hydrogen-bond donors (Lipinski definition) is 1. The number of alkyl halides is 3. The van der Waals surface area contributed by atoms with Gasteiger partial charge < -0.3 is 10.5 Å². The molecule has 1 aromatic rings. The Bertz CT molecular complexity index is 513. The van der Waals surface area contributed by atoms with E-state index in [1.807, 2.05) is 0 Å². The molecule has 9 heteroatoms. The predicted octanol–water partition coefficient (Wildman–Crippen LogP) is 1.98. The Labute approximate surface area is 98.3 Å². The number of carbonyl (C=O) groups is 1. The molecule has 0 aliphatic heterocycles. The Hall–Kier alpha value is -2.32. The minimum atomic E-state index is -4.90. The molecule has 0 spiro atoms. The topological polar surface area (TPSA) is 95.5 Å². The van der Waals surface area contributed by atoms with Crippen LogP contribution in [0.3, 0.4) is 0 Å². The summed E-state index contributed by atoms with van der Waals surface area (Å²) in [5.41, 5.74) is 0.991. The van der Waals surface area contributed by atoms with E-state index in [0.29, 0.717) is 12.1 Å². The molecule has 6 nitrogen and oxygen atoms in total. The van der Waals surface area contributed by atoms with Gasteiger partial charge >= 0.3 is 12.1 Å². The van der Waals surface area contributed by atoms with Crippen LogP contribution in [0.2, 0.25) is 0 Å². The average Bonchev–Trinajstić information content (AvgIpc) is 2.26. The van der Waals surface area contributed by atoms with Crippen molar-refractivity contribution in [2.45, 2.75) is 6.18 Å². The van der Waals surface area contributed by atoms with Crippen molar-refractivity contribution in [3.05, 3.63) is 33.4 Å². The van der Waals surface area contributed by atoms with E-state index in [1.165, 1.54) is 0 Å². The third kappa shape index (κ3) is 2.50. The van der Waals surface area contributed by atoms with Gasteiger partial charge in [0.05, 0.1) is 23.2 Å². The normalized spacial score (nSPS) is 11.1. The molecule has 0 amide bonds. The number of hydrogen-bond acceptors (Lipinski definition) is 5. The summed E-state index contributed by atoms with van der Waals surface area (Å²) in [6.45, 7) is 0. The second-order valence-electron chi connectivity index (χ2n) is 3.20. The molecule has 1 aromatic carbocycles. The molecule has 98 valence electrons. The highest BCUT2D eigenvalue weighted by atomic mass is 19.4. The molecule has 18 heavy (non-hydrogen) atoms. The molecule has 0 saturated heterocycles. The first-order valence-electron chi connectivity index (χ1n) is 4.42. The van der Waals surface area contributed by atoms with Crippen LogP contribution >= 0.6 is 0 Å². The number of ether oxygens (including phenoxy) is 1. The van der Waals surface area contributed by atoms with E-state index in [4.69, 9.17) is 5.73 Å². The van der Waals surface area contributed by atoms with Gasteiger partial charge in [0.25, 0.3) is 5.69 Å². The number of carbonyl (C=O) groups excluding carboxylic acids is 1. The number of esters is 1. The van der Waals surface area contributed by atoms with Crippen LogP contribution in [0.5, 0.6) is 0 Å². The van der Waals surface area contributed by atoms with E-state index < -0.39 is 39.6 Å². The smallest absolute Gasteiger partial charge is 0.418 e.